The number of carbonyl (C=O) groups excluding carboxylic acids is 1. The summed E-state index contributed by atoms with van der Waals surface area (Å²) in [6, 6.07) is 11.9. The van der Waals surface area contributed by atoms with Gasteiger partial charge >= 0.3 is 6.09 Å². The number of benzene rings is 1. The minimum atomic E-state index is -0.649. The van der Waals surface area contributed by atoms with Crippen molar-refractivity contribution in [1.29, 1.82) is 0 Å². The summed E-state index contributed by atoms with van der Waals surface area (Å²) in [5, 5.41) is 18.3. The van der Waals surface area contributed by atoms with Crippen LogP contribution in [0.2, 0.25) is 0 Å². The van der Waals surface area contributed by atoms with Crippen LogP contribution in [0.4, 0.5) is 4.79 Å². The second-order valence-corrected chi connectivity index (χ2v) is 13.2. The van der Waals surface area contributed by atoms with Crippen LogP contribution < -0.4 is 0 Å². The summed E-state index contributed by atoms with van der Waals surface area (Å²) in [5.41, 5.74) is 3.40. The molecule has 0 unspecified atom stereocenters. The number of carbonyl (C=O) groups is 1. The molecule has 1 N–H and O–H groups in total. The van der Waals surface area contributed by atoms with Gasteiger partial charge in [-0.1, -0.05) is 17.0 Å². The van der Waals surface area contributed by atoms with E-state index in [2.05, 4.69) is 32.0 Å². The summed E-state index contributed by atoms with van der Waals surface area (Å²) in [6.45, 7) is 10.5. The van der Waals surface area contributed by atoms with E-state index in [1.54, 1.807) is 19.3 Å². The van der Waals surface area contributed by atoms with Gasteiger partial charge < -0.3 is 18.9 Å². The molecule has 1 aromatic carbocycles. The van der Waals surface area contributed by atoms with E-state index in [9.17, 15) is 9.90 Å². The molecule has 10 heteroatoms. The van der Waals surface area contributed by atoms with Crippen LogP contribution >= 0.6 is 0 Å². The maximum atomic E-state index is 12.5. The van der Waals surface area contributed by atoms with Crippen LogP contribution in [-0.2, 0) is 17.8 Å². The topological polar surface area (TPSA) is 111 Å². The van der Waals surface area contributed by atoms with Crippen LogP contribution in [0.5, 0.6) is 0 Å². The molecular weight excluding hydrogens is 556 g/mol. The Morgan fingerprint density at radius 1 is 1.14 bits per heavy atom. The van der Waals surface area contributed by atoms with Crippen molar-refractivity contribution in [2.45, 2.75) is 78.2 Å². The molecule has 1 aliphatic heterocycles. The molecule has 1 saturated heterocycles. The zero-order chi connectivity index (χ0) is 30.9. The molecule has 0 bridgehead atoms. The average molecular weight is 597 g/mol. The maximum Gasteiger partial charge on any atom is 0.435 e. The molecule has 4 aromatic rings. The molecule has 4 heterocycles. The lowest BCUT2D eigenvalue weighted by Crippen LogP contribution is -2.46. The molecule has 1 spiro atoms. The number of hydrogen-bond acceptors (Lipinski definition) is 8. The summed E-state index contributed by atoms with van der Waals surface area (Å²) in [6.07, 6.45) is 8.69. The number of rotatable bonds is 6. The number of nitrogens with zero attached hydrogens (tertiary/aromatic N) is 6. The van der Waals surface area contributed by atoms with Gasteiger partial charge in [-0.05, 0) is 102 Å². The molecule has 44 heavy (non-hydrogen) atoms. The smallest absolute Gasteiger partial charge is 0.435 e. The predicted octanol–water partition coefficient (Wildman–Crippen LogP) is 5.66. The molecule has 6 rings (SSSR count). The molecule has 2 aliphatic rings. The highest BCUT2D eigenvalue weighted by atomic mass is 16.6. The van der Waals surface area contributed by atoms with Crippen molar-refractivity contribution in [3.8, 4) is 23.2 Å². The number of aliphatic hydroxyl groups excluding tert-OH is 1. The van der Waals surface area contributed by atoms with E-state index in [1.807, 2.05) is 67.9 Å². The first kappa shape index (κ1) is 29.9. The highest BCUT2D eigenvalue weighted by Crippen LogP contribution is 2.52. The van der Waals surface area contributed by atoms with Gasteiger partial charge in [-0.3, -0.25) is 4.90 Å². The highest BCUT2D eigenvalue weighted by Gasteiger charge is 2.45. The first-order chi connectivity index (χ1) is 21.1. The number of imidazole rings is 1. The van der Waals surface area contributed by atoms with Gasteiger partial charge in [0.15, 0.2) is 5.76 Å². The third kappa shape index (κ3) is 6.79. The molecular formula is C34H40N6O4. The van der Waals surface area contributed by atoms with Crippen molar-refractivity contribution in [3.05, 3.63) is 77.8 Å². The second kappa shape index (κ2) is 12.1. The number of likely N-dealkylation sites (tertiary alicyclic amines) is 1. The maximum absolute atomic E-state index is 12.5. The Balaban J connectivity index is 0.975. The second-order valence-electron chi connectivity index (χ2n) is 13.2. The van der Waals surface area contributed by atoms with E-state index < -0.39 is 17.8 Å². The Bertz CT molecular complexity index is 1650. The average Bonchev–Trinajstić information content (AvgIpc) is 3.73. The number of hydrogen-bond donors (Lipinski definition) is 1. The van der Waals surface area contributed by atoms with Gasteiger partial charge in [0.1, 0.15) is 23.2 Å². The lowest BCUT2D eigenvalue weighted by Gasteiger charge is -2.51. The largest absolute Gasteiger partial charge is 0.442 e. The Morgan fingerprint density at radius 3 is 2.59 bits per heavy atom. The van der Waals surface area contributed by atoms with Crippen molar-refractivity contribution in [2.24, 2.45) is 11.3 Å². The van der Waals surface area contributed by atoms with Crippen LogP contribution in [0.25, 0.3) is 11.3 Å². The number of ether oxygens (including phenoxy) is 1. The molecule has 0 radical (unpaired) electrons. The van der Waals surface area contributed by atoms with E-state index in [0.29, 0.717) is 36.0 Å². The zero-order valence-electron chi connectivity index (χ0n) is 25.9. The molecule has 10 nitrogen and oxygen atoms in total. The fourth-order valence-corrected chi connectivity index (χ4v) is 6.25. The first-order valence-corrected chi connectivity index (χ1v) is 15.3. The van der Waals surface area contributed by atoms with Gasteiger partial charge in [-0.15, -0.1) is 0 Å². The first-order valence-electron chi connectivity index (χ1n) is 15.3. The van der Waals surface area contributed by atoms with Gasteiger partial charge in [-0.25, -0.2) is 9.78 Å². The van der Waals surface area contributed by atoms with Crippen LogP contribution in [0.1, 0.15) is 82.3 Å². The Hall–Kier alpha value is -4.20. The lowest BCUT2D eigenvalue weighted by molar-refractivity contribution is 0.00432. The van der Waals surface area contributed by atoms with E-state index in [4.69, 9.17) is 9.26 Å². The van der Waals surface area contributed by atoms with Crippen molar-refractivity contribution in [2.75, 3.05) is 13.1 Å². The summed E-state index contributed by atoms with van der Waals surface area (Å²) in [7, 11) is 0. The summed E-state index contributed by atoms with van der Waals surface area (Å²) in [5.74, 6) is 8.60. The fourth-order valence-electron chi connectivity index (χ4n) is 6.25. The highest BCUT2D eigenvalue weighted by molar-refractivity contribution is 5.70. The van der Waals surface area contributed by atoms with Gasteiger partial charge in [0.2, 0.25) is 0 Å². The fraction of sp³-hybridized carbons (Fsp3) is 0.471. The van der Waals surface area contributed by atoms with Crippen LogP contribution in [-0.4, -0.2) is 59.3 Å². The van der Waals surface area contributed by atoms with Gasteiger partial charge in [-0.2, -0.15) is 9.78 Å². The molecule has 1 aliphatic carbocycles. The van der Waals surface area contributed by atoms with Crippen LogP contribution in [0.15, 0.2) is 59.5 Å². The van der Waals surface area contributed by atoms with Crippen LogP contribution in [0, 0.1) is 23.2 Å². The third-order valence-corrected chi connectivity index (χ3v) is 8.55. The van der Waals surface area contributed by atoms with E-state index in [0.717, 1.165) is 61.3 Å². The van der Waals surface area contributed by atoms with Crippen molar-refractivity contribution < 1.29 is 19.2 Å². The van der Waals surface area contributed by atoms with E-state index in [1.165, 1.54) is 4.68 Å². The van der Waals surface area contributed by atoms with Gasteiger partial charge in [0, 0.05) is 48.2 Å². The summed E-state index contributed by atoms with van der Waals surface area (Å²) in [4.78, 5) is 19.1. The molecule has 3 aromatic heterocycles. The molecule has 1 saturated carbocycles. The van der Waals surface area contributed by atoms with Crippen molar-refractivity contribution >= 4 is 6.09 Å². The number of aliphatic hydroxyl groups is 1. The molecule has 2 fully saturated rings. The van der Waals surface area contributed by atoms with Gasteiger partial charge in [0.25, 0.3) is 0 Å². The van der Waals surface area contributed by atoms with Crippen molar-refractivity contribution in [3.63, 3.8) is 0 Å². The zero-order valence-corrected chi connectivity index (χ0v) is 25.9. The summed E-state index contributed by atoms with van der Waals surface area (Å²) >= 11 is 0. The normalized spacial score (nSPS) is 17.6. The molecule has 1 atom stereocenters. The lowest BCUT2D eigenvalue weighted by atomic mass is 9.58. The Labute approximate surface area is 258 Å². The predicted molar refractivity (Wildman–Crippen MR) is 164 cm³/mol. The monoisotopic (exact) mass is 596 g/mol. The standard InChI is InChI=1S/C34H40N6O4/c1-24(41)31-35-15-18-39(31)22-28-19-30(44-37-28)27-9-7-25(8-10-27)5-6-26-20-34(21-26)12-16-38(17-13-34)23-29-11-14-36-40(29)32(42)43-33(2,3)4/h7-11,14-15,18-19,24,26,41H,12-13,16-17,20-23H2,1-4H3/t24-/m0/s1. The molecule has 230 valence electrons. The Kier molecular flexibility index (Phi) is 8.18. The summed E-state index contributed by atoms with van der Waals surface area (Å²) < 4.78 is 14.3. The molecule has 0 amide bonds. The van der Waals surface area contributed by atoms with Crippen LogP contribution in [0.3, 0.4) is 0 Å². The number of aromatic nitrogens is 5. The Morgan fingerprint density at radius 2 is 1.89 bits per heavy atom. The number of piperidine rings is 1. The third-order valence-electron chi connectivity index (χ3n) is 8.55. The van der Waals surface area contributed by atoms with Crippen molar-refractivity contribution in [1.82, 2.24) is 29.4 Å². The van der Waals surface area contributed by atoms with E-state index in [-0.39, 0.29) is 0 Å². The SMILES string of the molecule is C[C@H](O)c1nccn1Cc1cc(-c2ccc(C#CC3CC4(CCN(Cc5ccnn5C(=O)OC(C)(C)C)CC4)C3)cc2)on1. The van der Waals surface area contributed by atoms with Gasteiger partial charge in [0.05, 0.1) is 12.2 Å². The quantitative estimate of drug-likeness (QED) is 0.284. The van der Waals surface area contributed by atoms with E-state index >= 15 is 0 Å². The minimum Gasteiger partial charge on any atom is -0.442 e. The minimum absolute atomic E-state index is 0.391.